The lowest BCUT2D eigenvalue weighted by Crippen LogP contribution is -1.98. The molecule has 1 heteroatoms. The quantitative estimate of drug-likeness (QED) is 0.656. The van der Waals surface area contributed by atoms with Crippen LogP contribution in [0.2, 0.25) is 0 Å². The van der Waals surface area contributed by atoms with Crippen molar-refractivity contribution in [1.29, 1.82) is 0 Å². The van der Waals surface area contributed by atoms with E-state index in [0.717, 1.165) is 16.9 Å². The molecule has 0 aromatic heterocycles. The van der Waals surface area contributed by atoms with Gasteiger partial charge in [-0.2, -0.15) is 0 Å². The molecule has 1 nitrogen and oxygen atoms in total. The van der Waals surface area contributed by atoms with Crippen LogP contribution in [0.4, 0.5) is 0 Å². The highest BCUT2D eigenvalue weighted by atomic mass is 16.5. The number of benzene rings is 1. The van der Waals surface area contributed by atoms with Gasteiger partial charge in [-0.15, -0.1) is 0 Å². The molecule has 0 saturated heterocycles. The van der Waals surface area contributed by atoms with Crippen LogP contribution in [-0.2, 0) is 0 Å². The minimum absolute atomic E-state index is 0.489. The van der Waals surface area contributed by atoms with Crippen LogP contribution in [0.25, 0.3) is 6.08 Å². The molecular weight excluding hydrogens is 184 g/mol. The Morgan fingerprint density at radius 3 is 2.93 bits per heavy atom. The maximum atomic E-state index is 5.54. The Morgan fingerprint density at radius 2 is 2.27 bits per heavy atom. The molecule has 0 aliphatic rings. The second kappa shape index (κ2) is 5.86. The molecule has 1 rings (SSSR count). The minimum atomic E-state index is 0.489. The summed E-state index contributed by atoms with van der Waals surface area (Å²) in [5, 5.41) is 0. The van der Waals surface area contributed by atoms with Crippen molar-refractivity contribution >= 4 is 6.08 Å². The molecule has 0 N–H and O–H groups in total. The predicted molar refractivity (Wildman–Crippen MR) is 66.0 cm³/mol. The van der Waals surface area contributed by atoms with E-state index in [1.54, 1.807) is 6.08 Å². The van der Waals surface area contributed by atoms with Crippen LogP contribution in [0.1, 0.15) is 12.5 Å². The summed E-state index contributed by atoms with van der Waals surface area (Å²) in [7, 11) is 0. The van der Waals surface area contributed by atoms with E-state index in [0.29, 0.717) is 6.61 Å². The molecule has 0 spiro atoms. The fourth-order valence-electron chi connectivity index (χ4n) is 1.14. The van der Waals surface area contributed by atoms with Crippen molar-refractivity contribution in [2.75, 3.05) is 6.61 Å². The van der Waals surface area contributed by atoms with E-state index in [9.17, 15) is 0 Å². The zero-order chi connectivity index (χ0) is 11.1. The lowest BCUT2D eigenvalue weighted by atomic mass is 10.2. The molecule has 78 valence electrons. The van der Waals surface area contributed by atoms with Crippen LogP contribution in [0.15, 0.2) is 55.1 Å². The van der Waals surface area contributed by atoms with Crippen LogP contribution < -0.4 is 4.74 Å². The molecule has 0 amide bonds. The number of ether oxygens (including phenoxy) is 1. The van der Waals surface area contributed by atoms with Crippen LogP contribution in [0.3, 0.4) is 0 Å². The highest BCUT2D eigenvalue weighted by molar-refractivity contribution is 5.51. The fraction of sp³-hybridized carbons (Fsp3) is 0.143. The van der Waals surface area contributed by atoms with Crippen molar-refractivity contribution in [2.24, 2.45) is 0 Å². The zero-order valence-electron chi connectivity index (χ0n) is 9.07. The Bertz CT molecular complexity index is 375. The molecule has 0 saturated carbocycles. The van der Waals surface area contributed by atoms with Gasteiger partial charge in [0, 0.05) is 0 Å². The summed E-state index contributed by atoms with van der Waals surface area (Å²) < 4.78 is 5.54. The summed E-state index contributed by atoms with van der Waals surface area (Å²) in [6.45, 7) is 9.90. The van der Waals surface area contributed by atoms with E-state index in [-0.39, 0.29) is 0 Å². The average Bonchev–Trinajstić information content (AvgIpc) is 2.27. The Hall–Kier alpha value is -1.76. The second-order valence-electron chi connectivity index (χ2n) is 3.22. The molecule has 0 fully saturated rings. The molecule has 1 aromatic rings. The third-order valence-corrected chi connectivity index (χ3v) is 1.93. The van der Waals surface area contributed by atoms with E-state index in [2.05, 4.69) is 13.2 Å². The first-order chi connectivity index (χ1) is 7.26. The Labute approximate surface area is 91.4 Å². The van der Waals surface area contributed by atoms with Crippen LogP contribution in [0, 0.1) is 0 Å². The largest absolute Gasteiger partial charge is 0.489 e. The zero-order valence-corrected chi connectivity index (χ0v) is 9.07. The first kappa shape index (κ1) is 11.3. The lowest BCUT2D eigenvalue weighted by molar-refractivity contribution is 0.356. The SMILES string of the molecule is C=CC(=C)COc1cccc(C=CC)c1. The molecule has 0 unspecified atom stereocenters. The standard InChI is InChI=1S/C14H16O/c1-4-7-13-8-6-9-14(10-13)15-11-12(3)5-2/h4-10H,2-3,11H2,1H3. The highest BCUT2D eigenvalue weighted by Crippen LogP contribution is 2.15. The molecule has 0 bridgehead atoms. The van der Waals surface area contributed by atoms with Gasteiger partial charge in [0.1, 0.15) is 12.4 Å². The summed E-state index contributed by atoms with van der Waals surface area (Å²) >= 11 is 0. The first-order valence-corrected chi connectivity index (χ1v) is 4.92. The van der Waals surface area contributed by atoms with Crippen molar-refractivity contribution in [3.8, 4) is 5.75 Å². The van der Waals surface area contributed by atoms with Gasteiger partial charge >= 0.3 is 0 Å². The molecule has 0 aliphatic heterocycles. The third kappa shape index (κ3) is 3.86. The predicted octanol–water partition coefficient (Wildman–Crippen LogP) is 3.84. The summed E-state index contributed by atoms with van der Waals surface area (Å²) in [5.41, 5.74) is 2.02. The molecule has 1 aromatic carbocycles. The molecule has 0 aliphatic carbocycles. The summed E-state index contributed by atoms with van der Waals surface area (Å²) in [6.07, 6.45) is 5.74. The van der Waals surface area contributed by atoms with Crippen molar-refractivity contribution in [2.45, 2.75) is 6.92 Å². The van der Waals surface area contributed by atoms with E-state index in [1.165, 1.54) is 0 Å². The minimum Gasteiger partial charge on any atom is -0.489 e. The number of hydrogen-bond donors (Lipinski definition) is 0. The Kier molecular flexibility index (Phi) is 4.42. The van der Waals surface area contributed by atoms with Crippen molar-refractivity contribution in [1.82, 2.24) is 0 Å². The van der Waals surface area contributed by atoms with E-state index >= 15 is 0 Å². The average molecular weight is 200 g/mol. The van der Waals surface area contributed by atoms with Gasteiger partial charge in [0.15, 0.2) is 0 Å². The molecule has 0 radical (unpaired) electrons. The summed E-state index contributed by atoms with van der Waals surface area (Å²) in [6, 6.07) is 7.94. The van der Waals surface area contributed by atoms with Gasteiger partial charge < -0.3 is 4.74 Å². The Balaban J connectivity index is 2.65. The maximum absolute atomic E-state index is 5.54. The first-order valence-electron chi connectivity index (χ1n) is 4.92. The number of rotatable bonds is 5. The van der Waals surface area contributed by atoms with Crippen molar-refractivity contribution < 1.29 is 4.74 Å². The van der Waals surface area contributed by atoms with Crippen molar-refractivity contribution in [3.05, 3.63) is 60.7 Å². The number of hydrogen-bond acceptors (Lipinski definition) is 1. The van der Waals surface area contributed by atoms with Crippen LogP contribution >= 0.6 is 0 Å². The van der Waals surface area contributed by atoms with E-state index < -0.39 is 0 Å². The van der Waals surface area contributed by atoms with Crippen LogP contribution in [0.5, 0.6) is 5.75 Å². The smallest absolute Gasteiger partial charge is 0.120 e. The maximum Gasteiger partial charge on any atom is 0.120 e. The second-order valence-corrected chi connectivity index (χ2v) is 3.22. The van der Waals surface area contributed by atoms with Crippen molar-refractivity contribution in [3.63, 3.8) is 0 Å². The summed E-state index contributed by atoms with van der Waals surface area (Å²) in [4.78, 5) is 0. The van der Waals surface area contributed by atoms with Crippen LogP contribution in [-0.4, -0.2) is 6.61 Å². The summed E-state index contributed by atoms with van der Waals surface area (Å²) in [5.74, 6) is 0.855. The molecule has 0 atom stereocenters. The van der Waals surface area contributed by atoms with E-state index in [4.69, 9.17) is 4.74 Å². The van der Waals surface area contributed by atoms with Gasteiger partial charge in [-0.05, 0) is 30.2 Å². The van der Waals surface area contributed by atoms with Gasteiger partial charge in [0.25, 0.3) is 0 Å². The topological polar surface area (TPSA) is 9.23 Å². The monoisotopic (exact) mass is 200 g/mol. The van der Waals surface area contributed by atoms with Gasteiger partial charge in [-0.3, -0.25) is 0 Å². The van der Waals surface area contributed by atoms with Gasteiger partial charge in [0.2, 0.25) is 0 Å². The lowest BCUT2D eigenvalue weighted by Gasteiger charge is -2.06. The van der Waals surface area contributed by atoms with E-state index in [1.807, 2.05) is 43.3 Å². The highest BCUT2D eigenvalue weighted by Gasteiger charge is 1.94. The molecule has 15 heavy (non-hydrogen) atoms. The van der Waals surface area contributed by atoms with Gasteiger partial charge in [0.05, 0.1) is 0 Å². The Morgan fingerprint density at radius 1 is 1.47 bits per heavy atom. The number of allylic oxidation sites excluding steroid dienone is 1. The van der Waals surface area contributed by atoms with Gasteiger partial charge in [-0.1, -0.05) is 43.5 Å². The fourth-order valence-corrected chi connectivity index (χ4v) is 1.14. The third-order valence-electron chi connectivity index (χ3n) is 1.93. The van der Waals surface area contributed by atoms with Gasteiger partial charge in [-0.25, -0.2) is 0 Å². The molecular formula is C14H16O. The normalized spacial score (nSPS) is 10.2. The molecule has 0 heterocycles.